The van der Waals surface area contributed by atoms with Crippen molar-refractivity contribution in [2.75, 3.05) is 0 Å². The summed E-state index contributed by atoms with van der Waals surface area (Å²) in [5, 5.41) is 11.2. The first-order valence-electron chi connectivity index (χ1n) is 14.6. The summed E-state index contributed by atoms with van der Waals surface area (Å²) in [4.78, 5) is 24.1. The van der Waals surface area contributed by atoms with Crippen LogP contribution < -0.4 is 4.74 Å². The Bertz CT molecular complexity index is 1250. The molecule has 4 atom stereocenters. The standard InChI is InChI=1S/C33H45O7P/c1-6-8-10-16-30(40-41(36,37)38-22-25-14-11-9-12-15-25)33(35)39-31-21-26(13-7-2)20-29(34)32(31)28-19-24(5)17-18-27(28)23(3)4/h9,11-12,14-15,19-21,27-28,30,34H,3,6-8,10,13,16-18,22H2,1-2,4-5H3,(H,36,37)/t27-,28+,30?/m0/s1. The molecular formula is C33H45O7P. The van der Waals surface area contributed by atoms with Gasteiger partial charge in [0.2, 0.25) is 0 Å². The Morgan fingerprint density at radius 1 is 1.12 bits per heavy atom. The maximum Gasteiger partial charge on any atom is 0.473 e. The van der Waals surface area contributed by atoms with Crippen LogP contribution >= 0.6 is 7.82 Å². The minimum absolute atomic E-state index is 0.0587. The Kier molecular flexibility index (Phi) is 12.4. The zero-order valence-corrected chi connectivity index (χ0v) is 25.7. The van der Waals surface area contributed by atoms with E-state index in [1.807, 2.05) is 26.8 Å². The van der Waals surface area contributed by atoms with Gasteiger partial charge in [0.15, 0.2) is 6.10 Å². The van der Waals surface area contributed by atoms with Gasteiger partial charge in [-0.3, -0.25) is 9.05 Å². The molecule has 0 aliphatic heterocycles. The fourth-order valence-corrected chi connectivity index (χ4v) is 6.20. The third kappa shape index (κ3) is 9.68. The predicted octanol–water partition coefficient (Wildman–Crippen LogP) is 8.55. The highest BCUT2D eigenvalue weighted by atomic mass is 31.2. The molecule has 3 rings (SSSR count). The van der Waals surface area contributed by atoms with Crippen LogP contribution in [0, 0.1) is 5.92 Å². The number of aromatic hydroxyl groups is 1. The van der Waals surface area contributed by atoms with Crippen LogP contribution in [0.4, 0.5) is 0 Å². The second-order valence-electron chi connectivity index (χ2n) is 11.0. The molecule has 7 nitrogen and oxygen atoms in total. The van der Waals surface area contributed by atoms with E-state index >= 15 is 0 Å². The second-order valence-corrected chi connectivity index (χ2v) is 12.5. The minimum atomic E-state index is -4.59. The number of rotatable bonds is 15. The fraction of sp³-hybridized carbons (Fsp3) is 0.485. The number of phenolic OH excluding ortho intramolecular Hbond substituents is 1. The van der Waals surface area contributed by atoms with Crippen molar-refractivity contribution in [1.29, 1.82) is 0 Å². The number of aryl methyl sites for hydroxylation is 1. The molecule has 2 N–H and O–H groups in total. The van der Waals surface area contributed by atoms with E-state index in [2.05, 4.69) is 19.6 Å². The van der Waals surface area contributed by atoms with Gasteiger partial charge in [0.1, 0.15) is 11.5 Å². The number of carbonyl (C=O) groups is 1. The van der Waals surface area contributed by atoms with Gasteiger partial charge in [-0.25, -0.2) is 9.36 Å². The zero-order chi connectivity index (χ0) is 30.0. The van der Waals surface area contributed by atoms with Crippen LogP contribution in [0.25, 0.3) is 0 Å². The Labute approximate surface area is 244 Å². The van der Waals surface area contributed by atoms with Gasteiger partial charge in [-0.05, 0) is 68.7 Å². The molecule has 0 saturated heterocycles. The van der Waals surface area contributed by atoms with Gasteiger partial charge in [-0.15, -0.1) is 0 Å². The summed E-state index contributed by atoms with van der Waals surface area (Å²) >= 11 is 0. The van der Waals surface area contributed by atoms with Crippen molar-refractivity contribution in [2.45, 2.75) is 97.7 Å². The van der Waals surface area contributed by atoms with Gasteiger partial charge in [0.05, 0.1) is 6.61 Å². The molecule has 0 spiro atoms. The average molecular weight is 585 g/mol. The molecule has 0 aromatic heterocycles. The van der Waals surface area contributed by atoms with Crippen molar-refractivity contribution < 1.29 is 33.1 Å². The Hall–Kier alpha value is -2.70. The van der Waals surface area contributed by atoms with E-state index in [0.29, 0.717) is 24.0 Å². The molecule has 0 fully saturated rings. The van der Waals surface area contributed by atoms with Gasteiger partial charge >= 0.3 is 13.8 Å². The molecule has 2 aromatic carbocycles. The number of hydrogen-bond donors (Lipinski definition) is 2. The highest BCUT2D eigenvalue weighted by Crippen LogP contribution is 2.48. The minimum Gasteiger partial charge on any atom is -0.507 e. The van der Waals surface area contributed by atoms with E-state index in [9.17, 15) is 19.4 Å². The number of ether oxygens (including phenoxy) is 1. The van der Waals surface area contributed by atoms with Crippen LogP contribution in [0.15, 0.2) is 66.3 Å². The van der Waals surface area contributed by atoms with Crippen LogP contribution in [0.1, 0.15) is 95.2 Å². The van der Waals surface area contributed by atoms with Gasteiger partial charge < -0.3 is 14.7 Å². The van der Waals surface area contributed by atoms with Gasteiger partial charge in [0, 0.05) is 11.5 Å². The Balaban J connectivity index is 1.92. The molecule has 41 heavy (non-hydrogen) atoms. The molecular weight excluding hydrogens is 539 g/mol. The number of phosphoric ester groups is 1. The van der Waals surface area contributed by atoms with E-state index in [4.69, 9.17) is 13.8 Å². The van der Waals surface area contributed by atoms with E-state index in [1.165, 1.54) is 5.57 Å². The summed E-state index contributed by atoms with van der Waals surface area (Å²) in [5.74, 6) is -0.653. The molecule has 0 amide bonds. The lowest BCUT2D eigenvalue weighted by Crippen LogP contribution is -2.29. The Morgan fingerprint density at radius 2 is 1.85 bits per heavy atom. The quantitative estimate of drug-likeness (QED) is 0.0711. The van der Waals surface area contributed by atoms with Crippen LogP contribution in [0.5, 0.6) is 11.5 Å². The molecule has 0 saturated carbocycles. The highest BCUT2D eigenvalue weighted by Gasteiger charge is 2.35. The molecule has 0 bridgehead atoms. The van der Waals surface area contributed by atoms with Crippen molar-refractivity contribution >= 4 is 13.8 Å². The van der Waals surface area contributed by atoms with Crippen LogP contribution in [0.3, 0.4) is 0 Å². The first-order chi connectivity index (χ1) is 19.5. The average Bonchev–Trinajstić information content (AvgIpc) is 2.92. The summed E-state index contributed by atoms with van der Waals surface area (Å²) in [7, 11) is -4.59. The molecule has 1 aliphatic carbocycles. The third-order valence-electron chi connectivity index (χ3n) is 7.47. The van der Waals surface area contributed by atoms with E-state index < -0.39 is 19.9 Å². The summed E-state index contributed by atoms with van der Waals surface area (Å²) in [6.45, 7) is 12.1. The fourth-order valence-electron chi connectivity index (χ4n) is 5.32. The normalized spacial score (nSPS) is 19.2. The second kappa shape index (κ2) is 15.5. The monoisotopic (exact) mass is 584 g/mol. The first kappa shape index (κ1) is 32.8. The SMILES string of the molecule is C=C(C)[C@@H]1CCC(C)=C[C@H]1c1c(O)cc(CCC)cc1OC(=O)C(CCCCC)OP(=O)(O)OCc1ccccc1. The molecule has 0 radical (unpaired) electrons. The lowest BCUT2D eigenvalue weighted by molar-refractivity contribution is -0.143. The van der Waals surface area contributed by atoms with Crippen molar-refractivity contribution in [3.05, 3.63) is 83.0 Å². The highest BCUT2D eigenvalue weighted by molar-refractivity contribution is 7.47. The summed E-state index contributed by atoms with van der Waals surface area (Å²) in [6, 6.07) is 12.5. The van der Waals surface area contributed by atoms with Crippen molar-refractivity contribution in [3.63, 3.8) is 0 Å². The number of allylic oxidation sites excluding steroid dienone is 3. The number of unbranched alkanes of at least 4 members (excludes halogenated alkanes) is 2. The number of phenols is 1. The number of esters is 1. The number of hydrogen-bond acceptors (Lipinski definition) is 6. The largest absolute Gasteiger partial charge is 0.507 e. The summed E-state index contributed by atoms with van der Waals surface area (Å²) in [5.41, 5.74) is 4.24. The maximum absolute atomic E-state index is 13.6. The summed E-state index contributed by atoms with van der Waals surface area (Å²) in [6.07, 6.45) is 6.65. The molecule has 0 heterocycles. The third-order valence-corrected chi connectivity index (χ3v) is 8.45. The Morgan fingerprint density at radius 3 is 2.51 bits per heavy atom. The topological polar surface area (TPSA) is 102 Å². The molecule has 224 valence electrons. The van der Waals surface area contributed by atoms with Gasteiger partial charge in [0.25, 0.3) is 0 Å². The maximum atomic E-state index is 13.6. The predicted molar refractivity (Wildman–Crippen MR) is 162 cm³/mol. The van der Waals surface area contributed by atoms with E-state index in [-0.39, 0.29) is 36.4 Å². The lowest BCUT2D eigenvalue weighted by atomic mass is 9.73. The lowest BCUT2D eigenvalue weighted by Gasteiger charge is -2.32. The van der Waals surface area contributed by atoms with Crippen molar-refractivity contribution in [2.24, 2.45) is 5.92 Å². The van der Waals surface area contributed by atoms with E-state index in [0.717, 1.165) is 43.2 Å². The van der Waals surface area contributed by atoms with Gasteiger partial charge in [-0.2, -0.15) is 0 Å². The zero-order valence-electron chi connectivity index (χ0n) is 24.8. The van der Waals surface area contributed by atoms with Crippen LogP contribution in [-0.4, -0.2) is 22.1 Å². The van der Waals surface area contributed by atoms with Gasteiger partial charge in [-0.1, -0.05) is 93.7 Å². The van der Waals surface area contributed by atoms with Crippen LogP contribution in [0.2, 0.25) is 0 Å². The molecule has 1 aliphatic rings. The number of carbonyl (C=O) groups excluding carboxylic acids is 1. The van der Waals surface area contributed by atoms with Crippen molar-refractivity contribution in [1.82, 2.24) is 0 Å². The number of benzene rings is 2. The van der Waals surface area contributed by atoms with E-state index in [1.54, 1.807) is 36.4 Å². The summed E-state index contributed by atoms with van der Waals surface area (Å²) < 4.78 is 29.5. The molecule has 2 unspecified atom stereocenters. The number of phosphoric acid groups is 1. The smallest absolute Gasteiger partial charge is 0.473 e. The molecule has 2 aromatic rings. The van der Waals surface area contributed by atoms with Crippen LogP contribution in [-0.2, 0) is 31.4 Å². The molecule has 8 heteroatoms. The first-order valence-corrected chi connectivity index (χ1v) is 16.1. The van der Waals surface area contributed by atoms with Crippen molar-refractivity contribution in [3.8, 4) is 11.5 Å².